The zero-order valence-corrected chi connectivity index (χ0v) is 29.6. The molecule has 0 saturated heterocycles. The molecular weight excluding hydrogens is 687 g/mol. The highest BCUT2D eigenvalue weighted by Gasteiger charge is 2.26. The Morgan fingerprint density at radius 3 is 1.98 bits per heavy atom. The van der Waals surface area contributed by atoms with Gasteiger partial charge in [-0.2, -0.15) is 0 Å². The summed E-state index contributed by atoms with van der Waals surface area (Å²) in [5, 5.41) is 20.0. The van der Waals surface area contributed by atoms with Gasteiger partial charge in [0, 0.05) is 36.1 Å². The van der Waals surface area contributed by atoms with E-state index in [1.165, 1.54) is 13.2 Å². The highest BCUT2D eigenvalue weighted by Crippen LogP contribution is 2.26. The fourth-order valence-electron chi connectivity index (χ4n) is 4.12. The molecule has 0 fully saturated rings. The number of hydrogen-bond acceptors (Lipinski definition) is 12. The lowest BCUT2D eigenvalue weighted by Crippen LogP contribution is -2.50. The first-order chi connectivity index (χ1) is 23.7. The van der Waals surface area contributed by atoms with Crippen LogP contribution < -0.4 is 32.5 Å². The van der Waals surface area contributed by atoms with Gasteiger partial charge in [0.25, 0.3) is 0 Å². The van der Waals surface area contributed by atoms with Gasteiger partial charge in [0.05, 0.1) is 72.4 Å². The largest absolute Gasteiger partial charge is 0.469 e. The molecule has 280 valence electrons. The van der Waals surface area contributed by atoms with Gasteiger partial charge in [0.2, 0.25) is 11.8 Å². The van der Waals surface area contributed by atoms with Crippen LogP contribution in [0.15, 0.2) is 18.2 Å². The van der Waals surface area contributed by atoms with Crippen molar-refractivity contribution in [3.8, 4) is 0 Å². The minimum Gasteiger partial charge on any atom is -0.469 e. The number of carbonyl (C=O) groups excluding carboxylic acids is 4. The van der Waals surface area contributed by atoms with E-state index < -0.39 is 24.0 Å². The van der Waals surface area contributed by atoms with E-state index in [4.69, 9.17) is 57.8 Å². The summed E-state index contributed by atoms with van der Waals surface area (Å²) in [6, 6.07) is 2.52. The molecule has 18 heteroatoms. The minimum atomic E-state index is -1.06. The number of benzene rings is 1. The summed E-state index contributed by atoms with van der Waals surface area (Å²) in [7, 11) is 1.24. The summed E-state index contributed by atoms with van der Waals surface area (Å²) < 4.78 is 26.8. The molecule has 4 amide bonds. The number of ether oxygens (including phenoxy) is 5. The predicted octanol–water partition coefficient (Wildman–Crippen LogP) is 1.45. The smallest absolute Gasteiger partial charge is 0.314 e. The second-order valence-electron chi connectivity index (χ2n) is 10.6. The lowest BCUT2D eigenvalue weighted by molar-refractivity contribution is -0.141. The average Bonchev–Trinajstić information content (AvgIpc) is 3.06. The van der Waals surface area contributed by atoms with Crippen molar-refractivity contribution in [3.63, 3.8) is 0 Å². The summed E-state index contributed by atoms with van der Waals surface area (Å²) in [4.78, 5) is 49.6. The van der Waals surface area contributed by atoms with Crippen LogP contribution in [0.5, 0.6) is 0 Å². The number of unbranched alkanes of at least 4 members (excludes halogenated alkanes) is 2. The summed E-state index contributed by atoms with van der Waals surface area (Å²) in [6.45, 7) is 3.70. The van der Waals surface area contributed by atoms with Gasteiger partial charge in [-0.3, -0.25) is 14.4 Å². The zero-order chi connectivity index (χ0) is 36.1. The van der Waals surface area contributed by atoms with Gasteiger partial charge < -0.3 is 55.9 Å². The van der Waals surface area contributed by atoms with E-state index in [1.54, 1.807) is 12.1 Å². The van der Waals surface area contributed by atoms with Crippen LogP contribution in [0.25, 0.3) is 0 Å². The van der Waals surface area contributed by atoms with Crippen molar-refractivity contribution in [1.29, 1.82) is 0 Å². The van der Waals surface area contributed by atoms with Crippen molar-refractivity contribution in [2.75, 3.05) is 86.1 Å². The molecule has 1 aromatic rings. The number of carbonyl (C=O) groups is 4. The van der Waals surface area contributed by atoms with E-state index >= 15 is 0 Å². The fraction of sp³-hybridized carbons (Fsp3) is 0.677. The summed E-state index contributed by atoms with van der Waals surface area (Å²) >= 11 is 12.3. The van der Waals surface area contributed by atoms with Gasteiger partial charge in [-0.15, -0.1) is 0 Å². The molecule has 0 spiro atoms. The molecule has 2 atom stereocenters. The number of rotatable bonds is 29. The Morgan fingerprint density at radius 2 is 1.37 bits per heavy atom. The molecule has 0 heterocycles. The number of halogens is 2. The van der Waals surface area contributed by atoms with E-state index in [2.05, 4.69) is 26.7 Å². The number of hydroxylamine groups is 1. The standard InChI is InChI=1S/C31H52Cl2N6O10/c1-45-29(41)21-26(23-18-24(32)20-25(33)19-23)39-30(42)27(38-28(40)6-2-3-7-34)22-49-17-16-48-15-14-47-13-12-46-11-10-36-31(43)35-8-4-5-9-37-44/h18-20,26-27,37,44H,2-17,21-22,34H2,1H3,(H,38,40)(H,39,42)(H2,35,36,43)/t26?,27-/m0/s1. The molecule has 1 aromatic carbocycles. The van der Waals surface area contributed by atoms with Crippen LogP contribution in [0.4, 0.5) is 4.79 Å². The average molecular weight is 740 g/mol. The second-order valence-corrected chi connectivity index (χ2v) is 11.5. The maximum atomic E-state index is 13.3. The summed E-state index contributed by atoms with van der Waals surface area (Å²) in [6.07, 6.45) is 2.72. The van der Waals surface area contributed by atoms with Crippen LogP contribution in [0.1, 0.15) is 50.1 Å². The molecule has 1 unspecified atom stereocenters. The van der Waals surface area contributed by atoms with Crippen LogP contribution in [0, 0.1) is 0 Å². The lowest BCUT2D eigenvalue weighted by atomic mass is 10.0. The number of methoxy groups -OCH3 is 1. The SMILES string of the molecule is COC(=O)CC(NC(=O)[C@H](COCCOCCOCCOCCNC(=O)NCCCCNO)NC(=O)CCCCN)c1cc(Cl)cc(Cl)c1. The van der Waals surface area contributed by atoms with Crippen molar-refractivity contribution >= 4 is 47.0 Å². The zero-order valence-electron chi connectivity index (χ0n) is 28.1. The number of esters is 1. The summed E-state index contributed by atoms with van der Waals surface area (Å²) in [5.41, 5.74) is 8.07. The lowest BCUT2D eigenvalue weighted by Gasteiger charge is -2.24. The molecule has 8 N–H and O–H groups in total. The van der Waals surface area contributed by atoms with Crippen molar-refractivity contribution in [2.45, 2.75) is 50.6 Å². The van der Waals surface area contributed by atoms with Crippen LogP contribution in [0.3, 0.4) is 0 Å². The Labute approximate surface area is 297 Å². The molecule has 0 aromatic heterocycles. The van der Waals surface area contributed by atoms with Gasteiger partial charge >= 0.3 is 12.0 Å². The first-order valence-corrected chi connectivity index (χ1v) is 17.0. The van der Waals surface area contributed by atoms with Crippen LogP contribution in [-0.4, -0.2) is 121 Å². The van der Waals surface area contributed by atoms with E-state index in [0.29, 0.717) is 87.7 Å². The third kappa shape index (κ3) is 23.3. The van der Waals surface area contributed by atoms with Crippen molar-refractivity contribution < 1.29 is 48.1 Å². The third-order valence-electron chi connectivity index (χ3n) is 6.65. The van der Waals surface area contributed by atoms with E-state index in [1.807, 2.05) is 0 Å². The monoisotopic (exact) mass is 738 g/mol. The highest BCUT2D eigenvalue weighted by molar-refractivity contribution is 6.34. The van der Waals surface area contributed by atoms with Gasteiger partial charge in [-0.1, -0.05) is 23.2 Å². The first kappa shape index (κ1) is 44.2. The molecule has 0 aliphatic carbocycles. The molecule has 0 radical (unpaired) electrons. The van der Waals surface area contributed by atoms with Crippen LogP contribution in [0.2, 0.25) is 10.0 Å². The Morgan fingerprint density at radius 1 is 0.776 bits per heavy atom. The van der Waals surface area contributed by atoms with Gasteiger partial charge in [-0.25, -0.2) is 10.3 Å². The molecule has 49 heavy (non-hydrogen) atoms. The summed E-state index contributed by atoms with van der Waals surface area (Å²) in [5.74, 6) is -1.48. The predicted molar refractivity (Wildman–Crippen MR) is 183 cm³/mol. The Kier molecular flexibility index (Phi) is 26.2. The number of nitrogens with two attached hydrogens (primary N) is 1. The van der Waals surface area contributed by atoms with Gasteiger partial charge in [0.1, 0.15) is 6.04 Å². The second kappa shape index (κ2) is 29.0. The number of urea groups is 1. The number of amides is 4. The molecule has 0 saturated carbocycles. The molecule has 0 bridgehead atoms. The molecular formula is C31H52Cl2N6O10. The first-order valence-electron chi connectivity index (χ1n) is 16.2. The van der Waals surface area contributed by atoms with E-state index in [0.717, 1.165) is 12.8 Å². The Hall–Kier alpha value is -2.80. The molecule has 1 rings (SSSR count). The van der Waals surface area contributed by atoms with E-state index in [-0.39, 0.29) is 44.6 Å². The highest BCUT2D eigenvalue weighted by atomic mass is 35.5. The molecule has 0 aliphatic heterocycles. The van der Waals surface area contributed by atoms with Crippen molar-refractivity contribution in [2.24, 2.45) is 5.73 Å². The van der Waals surface area contributed by atoms with Crippen molar-refractivity contribution in [3.05, 3.63) is 33.8 Å². The third-order valence-corrected chi connectivity index (χ3v) is 7.08. The fourth-order valence-corrected chi connectivity index (χ4v) is 4.66. The van der Waals surface area contributed by atoms with Crippen molar-refractivity contribution in [1.82, 2.24) is 26.7 Å². The van der Waals surface area contributed by atoms with Crippen LogP contribution in [-0.2, 0) is 38.1 Å². The minimum absolute atomic E-state index is 0.145. The normalized spacial score (nSPS) is 12.2. The Bertz CT molecular complexity index is 1070. The molecule has 0 aliphatic rings. The quantitative estimate of drug-likeness (QED) is 0.0353. The maximum Gasteiger partial charge on any atom is 0.314 e. The van der Waals surface area contributed by atoms with Gasteiger partial charge in [0.15, 0.2) is 0 Å². The topological polar surface area (TPSA) is 221 Å². The maximum absolute atomic E-state index is 13.3. The van der Waals surface area contributed by atoms with Gasteiger partial charge in [-0.05, 0) is 56.0 Å². The number of hydrogen-bond donors (Lipinski definition) is 7. The number of nitrogens with one attached hydrogen (secondary N) is 5. The Balaban J connectivity index is 2.39. The van der Waals surface area contributed by atoms with E-state index in [9.17, 15) is 19.2 Å². The molecule has 16 nitrogen and oxygen atoms in total. The van der Waals surface area contributed by atoms with Crippen LogP contribution >= 0.6 is 23.2 Å².